The maximum absolute atomic E-state index is 13.5. The summed E-state index contributed by atoms with van der Waals surface area (Å²) in [5, 5.41) is 2.62. The van der Waals surface area contributed by atoms with Gasteiger partial charge in [-0.3, -0.25) is 0 Å². The molecule has 0 atom stereocenters. The van der Waals surface area contributed by atoms with Crippen molar-refractivity contribution in [3.8, 4) is 11.4 Å². The predicted molar refractivity (Wildman–Crippen MR) is 99.2 cm³/mol. The Morgan fingerprint density at radius 2 is 2.00 bits per heavy atom. The topological polar surface area (TPSA) is 102 Å². The monoisotopic (exact) mass is 426 g/mol. The Morgan fingerprint density at radius 3 is 2.62 bits per heavy atom. The van der Waals surface area contributed by atoms with Crippen LogP contribution in [0, 0.1) is 5.82 Å². The number of benzene rings is 1. The summed E-state index contributed by atoms with van der Waals surface area (Å²) in [4.78, 5) is 12.4. The molecule has 29 heavy (non-hydrogen) atoms. The summed E-state index contributed by atoms with van der Waals surface area (Å²) in [6.45, 7) is 0.0344. The number of aryl methyl sites for hydroxylation is 1. The molecule has 3 aromatic rings. The van der Waals surface area contributed by atoms with Gasteiger partial charge in [0.25, 0.3) is 16.4 Å². The summed E-state index contributed by atoms with van der Waals surface area (Å²) >= 11 is 0. The van der Waals surface area contributed by atoms with Gasteiger partial charge in [0.05, 0.1) is 18.1 Å². The lowest BCUT2D eigenvalue weighted by atomic mass is 10.1. The third-order valence-electron chi connectivity index (χ3n) is 4.00. The summed E-state index contributed by atoms with van der Waals surface area (Å²) in [5.74, 6) is -0.791. The molecule has 0 saturated carbocycles. The molecule has 2 heterocycles. The normalized spacial score (nSPS) is 11.8. The number of imidazole rings is 1. The SMILES string of the molecule is CNS(=O)(=O)c1cnc(NCc2ccc(F)c(C(F)F)c2)c(-c2cn(C)cn2)n1. The number of rotatable bonds is 7. The van der Waals surface area contributed by atoms with E-state index in [-0.39, 0.29) is 23.1 Å². The van der Waals surface area contributed by atoms with Crippen molar-refractivity contribution < 1.29 is 21.6 Å². The van der Waals surface area contributed by atoms with Crippen LogP contribution in [0.1, 0.15) is 17.6 Å². The van der Waals surface area contributed by atoms with Crippen LogP contribution in [-0.4, -0.2) is 35.0 Å². The van der Waals surface area contributed by atoms with Gasteiger partial charge >= 0.3 is 0 Å². The average molecular weight is 426 g/mol. The van der Waals surface area contributed by atoms with Crippen LogP contribution in [0.4, 0.5) is 19.0 Å². The number of alkyl halides is 2. The first kappa shape index (κ1) is 20.7. The minimum Gasteiger partial charge on any atom is -0.364 e. The Hall–Kier alpha value is -2.99. The molecule has 154 valence electrons. The number of halogens is 3. The fraction of sp³-hybridized carbons (Fsp3) is 0.235. The van der Waals surface area contributed by atoms with Crippen molar-refractivity contribution in [2.75, 3.05) is 12.4 Å². The molecule has 0 aliphatic heterocycles. The van der Waals surface area contributed by atoms with Gasteiger partial charge in [-0.05, 0) is 24.7 Å². The van der Waals surface area contributed by atoms with Gasteiger partial charge < -0.3 is 9.88 Å². The molecule has 0 amide bonds. The van der Waals surface area contributed by atoms with Crippen molar-refractivity contribution >= 4 is 15.8 Å². The molecule has 0 aliphatic rings. The van der Waals surface area contributed by atoms with Crippen molar-refractivity contribution in [1.82, 2.24) is 24.2 Å². The second-order valence-corrected chi connectivity index (χ2v) is 7.88. The fourth-order valence-corrected chi connectivity index (χ4v) is 3.12. The van der Waals surface area contributed by atoms with Crippen molar-refractivity contribution in [3.05, 3.63) is 53.9 Å². The van der Waals surface area contributed by atoms with Crippen molar-refractivity contribution in [1.29, 1.82) is 0 Å². The smallest absolute Gasteiger partial charge is 0.266 e. The van der Waals surface area contributed by atoms with E-state index < -0.39 is 27.8 Å². The lowest BCUT2D eigenvalue weighted by Gasteiger charge is -2.12. The van der Waals surface area contributed by atoms with Gasteiger partial charge in [0.15, 0.2) is 10.8 Å². The molecule has 0 aliphatic carbocycles. The van der Waals surface area contributed by atoms with Crippen LogP contribution in [0.5, 0.6) is 0 Å². The first-order valence-electron chi connectivity index (χ1n) is 8.30. The highest BCUT2D eigenvalue weighted by Gasteiger charge is 2.20. The largest absolute Gasteiger partial charge is 0.364 e. The second kappa shape index (κ2) is 8.17. The third-order valence-corrected chi connectivity index (χ3v) is 5.28. The van der Waals surface area contributed by atoms with Gasteiger partial charge in [-0.25, -0.2) is 41.3 Å². The van der Waals surface area contributed by atoms with E-state index in [2.05, 4.69) is 25.0 Å². The van der Waals surface area contributed by atoms with Crippen LogP contribution in [0.2, 0.25) is 0 Å². The van der Waals surface area contributed by atoms with Gasteiger partial charge in [-0.1, -0.05) is 6.07 Å². The quantitative estimate of drug-likeness (QED) is 0.602. The summed E-state index contributed by atoms with van der Waals surface area (Å²) in [6, 6.07) is 3.38. The van der Waals surface area contributed by atoms with E-state index in [0.717, 1.165) is 18.3 Å². The van der Waals surface area contributed by atoms with Gasteiger partial charge in [-0.15, -0.1) is 0 Å². The molecule has 0 spiro atoms. The van der Waals surface area contributed by atoms with Crippen LogP contribution >= 0.6 is 0 Å². The molecular weight excluding hydrogens is 409 g/mol. The number of nitrogens with zero attached hydrogens (tertiary/aromatic N) is 4. The number of hydrogen-bond donors (Lipinski definition) is 2. The summed E-state index contributed by atoms with van der Waals surface area (Å²) < 4.78 is 67.2. The molecule has 0 saturated heterocycles. The molecule has 8 nitrogen and oxygen atoms in total. The minimum atomic E-state index is -3.84. The van der Waals surface area contributed by atoms with E-state index in [9.17, 15) is 21.6 Å². The van der Waals surface area contributed by atoms with Crippen LogP contribution < -0.4 is 10.0 Å². The minimum absolute atomic E-state index is 0.0344. The van der Waals surface area contributed by atoms with E-state index in [0.29, 0.717) is 11.3 Å². The first-order chi connectivity index (χ1) is 13.7. The average Bonchev–Trinajstić information content (AvgIpc) is 3.13. The fourth-order valence-electron chi connectivity index (χ4n) is 2.51. The molecular formula is C17H17F3N6O2S. The number of sulfonamides is 1. The Bertz CT molecular complexity index is 1130. The zero-order valence-corrected chi connectivity index (χ0v) is 16.2. The highest BCUT2D eigenvalue weighted by molar-refractivity contribution is 7.89. The van der Waals surface area contributed by atoms with E-state index in [1.54, 1.807) is 17.8 Å². The maximum Gasteiger partial charge on any atom is 0.266 e. The van der Waals surface area contributed by atoms with Crippen LogP contribution in [0.25, 0.3) is 11.4 Å². The van der Waals surface area contributed by atoms with Gasteiger partial charge in [0.1, 0.15) is 17.2 Å². The summed E-state index contributed by atoms with van der Waals surface area (Å²) in [7, 11) is -0.856. The molecule has 0 fully saturated rings. The Balaban J connectivity index is 1.96. The van der Waals surface area contributed by atoms with Crippen LogP contribution in [0.3, 0.4) is 0 Å². The van der Waals surface area contributed by atoms with Gasteiger partial charge in [0, 0.05) is 19.8 Å². The van der Waals surface area contributed by atoms with E-state index >= 15 is 0 Å². The summed E-state index contributed by atoms with van der Waals surface area (Å²) in [5.41, 5.74) is 0.222. The molecule has 3 rings (SSSR count). The third kappa shape index (κ3) is 4.54. The van der Waals surface area contributed by atoms with Crippen molar-refractivity contribution in [2.45, 2.75) is 18.0 Å². The zero-order valence-electron chi connectivity index (χ0n) is 15.4. The second-order valence-electron chi connectivity index (χ2n) is 6.05. The van der Waals surface area contributed by atoms with Crippen molar-refractivity contribution in [2.24, 2.45) is 7.05 Å². The van der Waals surface area contributed by atoms with E-state index in [1.165, 1.54) is 19.4 Å². The standard InChI is InChI=1S/C17H17F3N6O2S/c1-21-29(27,28)14-7-23-17(15(25-14)13-8-26(2)9-24-13)22-6-10-3-4-12(18)11(5-10)16(19)20/h3-5,7-9,16,21H,6H2,1-2H3,(H,22,23). The van der Waals surface area contributed by atoms with Crippen LogP contribution in [0.15, 0.2) is 41.9 Å². The maximum atomic E-state index is 13.5. The Kier molecular flexibility index (Phi) is 5.84. The number of anilines is 1. The molecule has 2 N–H and O–H groups in total. The molecule has 2 aromatic heterocycles. The molecule has 0 unspecified atom stereocenters. The molecule has 0 bridgehead atoms. The highest BCUT2D eigenvalue weighted by Crippen LogP contribution is 2.26. The molecule has 12 heteroatoms. The molecule has 1 aromatic carbocycles. The van der Waals surface area contributed by atoms with Crippen molar-refractivity contribution in [3.63, 3.8) is 0 Å². The zero-order chi connectivity index (χ0) is 21.2. The van der Waals surface area contributed by atoms with Crippen LogP contribution in [-0.2, 0) is 23.6 Å². The Labute approximate surface area is 164 Å². The lowest BCUT2D eigenvalue weighted by Crippen LogP contribution is -2.20. The van der Waals surface area contributed by atoms with E-state index in [4.69, 9.17) is 0 Å². The number of hydrogen-bond acceptors (Lipinski definition) is 6. The molecule has 0 radical (unpaired) electrons. The highest BCUT2D eigenvalue weighted by atomic mass is 32.2. The lowest BCUT2D eigenvalue weighted by molar-refractivity contribution is 0.146. The first-order valence-corrected chi connectivity index (χ1v) is 9.79. The number of aromatic nitrogens is 4. The Morgan fingerprint density at radius 1 is 1.24 bits per heavy atom. The predicted octanol–water partition coefficient (Wildman–Crippen LogP) is 2.47. The van der Waals surface area contributed by atoms with Gasteiger partial charge in [0.2, 0.25) is 0 Å². The van der Waals surface area contributed by atoms with E-state index in [1.807, 2.05) is 0 Å². The number of nitrogens with one attached hydrogen (secondary N) is 2. The summed E-state index contributed by atoms with van der Waals surface area (Å²) in [6.07, 6.45) is 1.26. The van der Waals surface area contributed by atoms with Gasteiger partial charge in [-0.2, -0.15) is 0 Å².